The van der Waals surface area contributed by atoms with E-state index in [0.29, 0.717) is 0 Å². The van der Waals surface area contributed by atoms with Gasteiger partial charge in [0.2, 0.25) is 0 Å². The predicted molar refractivity (Wildman–Crippen MR) is 106 cm³/mol. The van der Waals surface area contributed by atoms with Gasteiger partial charge in [-0.25, -0.2) is 0 Å². The van der Waals surface area contributed by atoms with Gasteiger partial charge in [-0.3, -0.25) is 19.6 Å². The smallest absolute Gasteiger partial charge is 0.0594 e. The summed E-state index contributed by atoms with van der Waals surface area (Å²) < 4.78 is 5.97. The zero-order valence-corrected chi connectivity index (χ0v) is 17.3. The average molecular weight is 355 g/mol. The molecular formula is C20H42N4O. The fourth-order valence-corrected chi connectivity index (χ4v) is 4.42. The normalized spacial score (nSPS) is 27.8. The summed E-state index contributed by atoms with van der Waals surface area (Å²) in [7, 11) is 0. The van der Waals surface area contributed by atoms with Crippen molar-refractivity contribution < 1.29 is 4.74 Å². The van der Waals surface area contributed by atoms with E-state index in [0.717, 1.165) is 38.4 Å². The van der Waals surface area contributed by atoms with Crippen LogP contribution in [0.25, 0.3) is 0 Å². The lowest BCUT2D eigenvalue weighted by Gasteiger charge is -2.41. The molecule has 5 nitrogen and oxygen atoms in total. The van der Waals surface area contributed by atoms with Crippen LogP contribution in [-0.2, 0) is 4.74 Å². The SMILES string of the molecule is CCC1CN(CCOCCN2CCN(CC)C(CC)C2)CCN1CC. The van der Waals surface area contributed by atoms with E-state index in [2.05, 4.69) is 47.3 Å². The Labute approximate surface area is 156 Å². The number of rotatable bonds is 10. The van der Waals surface area contributed by atoms with E-state index in [-0.39, 0.29) is 0 Å². The lowest BCUT2D eigenvalue weighted by atomic mass is 10.1. The molecule has 148 valence electrons. The second-order valence-corrected chi connectivity index (χ2v) is 7.59. The monoisotopic (exact) mass is 354 g/mol. The molecule has 2 aliphatic heterocycles. The molecule has 2 atom stereocenters. The summed E-state index contributed by atoms with van der Waals surface area (Å²) in [5, 5.41) is 0. The van der Waals surface area contributed by atoms with Gasteiger partial charge in [0, 0.05) is 64.4 Å². The molecule has 0 aromatic carbocycles. The molecule has 0 aromatic heterocycles. The lowest BCUT2D eigenvalue weighted by Crippen LogP contribution is -2.53. The van der Waals surface area contributed by atoms with Gasteiger partial charge in [0.15, 0.2) is 0 Å². The maximum atomic E-state index is 5.97. The Morgan fingerprint density at radius 1 is 0.680 bits per heavy atom. The minimum Gasteiger partial charge on any atom is -0.379 e. The third-order valence-electron chi connectivity index (χ3n) is 6.24. The van der Waals surface area contributed by atoms with Crippen molar-refractivity contribution in [3.8, 4) is 0 Å². The molecule has 2 saturated heterocycles. The molecule has 5 heteroatoms. The highest BCUT2D eigenvalue weighted by Crippen LogP contribution is 2.13. The molecule has 2 rings (SSSR count). The first kappa shape index (κ1) is 21.1. The number of piperazine rings is 2. The summed E-state index contributed by atoms with van der Waals surface area (Å²) in [6.07, 6.45) is 2.51. The minimum absolute atomic E-state index is 0.736. The number of nitrogens with zero attached hydrogens (tertiary/aromatic N) is 4. The second-order valence-electron chi connectivity index (χ2n) is 7.59. The van der Waals surface area contributed by atoms with Crippen LogP contribution in [0.5, 0.6) is 0 Å². The van der Waals surface area contributed by atoms with E-state index in [4.69, 9.17) is 4.74 Å². The van der Waals surface area contributed by atoms with Crippen molar-refractivity contribution in [2.24, 2.45) is 0 Å². The Kier molecular flexibility index (Phi) is 9.71. The highest BCUT2D eigenvalue weighted by atomic mass is 16.5. The van der Waals surface area contributed by atoms with E-state index in [1.165, 1.54) is 65.2 Å². The summed E-state index contributed by atoms with van der Waals surface area (Å²) in [6, 6.07) is 1.47. The summed E-state index contributed by atoms with van der Waals surface area (Å²) in [5.41, 5.74) is 0. The summed E-state index contributed by atoms with van der Waals surface area (Å²) in [4.78, 5) is 10.4. The number of hydrogen-bond acceptors (Lipinski definition) is 5. The van der Waals surface area contributed by atoms with Crippen LogP contribution in [0.1, 0.15) is 40.5 Å². The Bertz CT molecular complexity index is 323. The molecule has 0 aliphatic carbocycles. The van der Waals surface area contributed by atoms with Gasteiger partial charge in [-0.1, -0.05) is 27.7 Å². The molecule has 2 heterocycles. The number of likely N-dealkylation sites (N-methyl/N-ethyl adjacent to an activating group) is 2. The molecule has 2 aliphatic rings. The third-order valence-corrected chi connectivity index (χ3v) is 6.24. The highest BCUT2D eigenvalue weighted by molar-refractivity contribution is 4.81. The summed E-state index contributed by atoms with van der Waals surface area (Å²) in [6.45, 7) is 22.8. The fourth-order valence-electron chi connectivity index (χ4n) is 4.42. The van der Waals surface area contributed by atoms with Crippen molar-refractivity contribution in [3.05, 3.63) is 0 Å². The maximum absolute atomic E-state index is 5.97. The second kappa shape index (κ2) is 11.5. The summed E-state index contributed by atoms with van der Waals surface area (Å²) >= 11 is 0. The summed E-state index contributed by atoms with van der Waals surface area (Å²) in [5.74, 6) is 0. The molecule has 0 spiro atoms. The molecule has 25 heavy (non-hydrogen) atoms. The van der Waals surface area contributed by atoms with Crippen LogP contribution in [-0.4, -0.2) is 110 Å². The van der Waals surface area contributed by atoms with Crippen molar-refractivity contribution in [3.63, 3.8) is 0 Å². The molecule has 0 saturated carbocycles. The molecule has 2 fully saturated rings. The van der Waals surface area contributed by atoms with Gasteiger partial charge >= 0.3 is 0 Å². The van der Waals surface area contributed by atoms with E-state index in [1.807, 2.05) is 0 Å². The van der Waals surface area contributed by atoms with Gasteiger partial charge in [0.1, 0.15) is 0 Å². The number of hydrogen-bond donors (Lipinski definition) is 0. The van der Waals surface area contributed by atoms with Crippen LogP contribution in [0.3, 0.4) is 0 Å². The predicted octanol–water partition coefficient (Wildman–Crippen LogP) is 1.84. The third kappa shape index (κ3) is 6.47. The van der Waals surface area contributed by atoms with Crippen molar-refractivity contribution in [1.82, 2.24) is 19.6 Å². The van der Waals surface area contributed by atoms with Crippen LogP contribution >= 0.6 is 0 Å². The molecule has 2 unspecified atom stereocenters. The molecule has 0 bridgehead atoms. The Balaban J connectivity index is 1.56. The first-order valence-corrected chi connectivity index (χ1v) is 10.7. The van der Waals surface area contributed by atoms with E-state index < -0.39 is 0 Å². The van der Waals surface area contributed by atoms with Gasteiger partial charge < -0.3 is 4.74 Å². The fraction of sp³-hybridized carbons (Fsp3) is 1.00. The van der Waals surface area contributed by atoms with Gasteiger partial charge in [-0.2, -0.15) is 0 Å². The van der Waals surface area contributed by atoms with Crippen LogP contribution in [0.15, 0.2) is 0 Å². The Morgan fingerprint density at radius 2 is 1.12 bits per heavy atom. The van der Waals surface area contributed by atoms with Crippen LogP contribution in [0, 0.1) is 0 Å². The van der Waals surface area contributed by atoms with Gasteiger partial charge in [-0.15, -0.1) is 0 Å². The quantitative estimate of drug-likeness (QED) is 0.557. The van der Waals surface area contributed by atoms with E-state index in [9.17, 15) is 0 Å². The van der Waals surface area contributed by atoms with Crippen molar-refractivity contribution in [2.75, 3.05) is 78.7 Å². The molecule has 0 N–H and O–H groups in total. The maximum Gasteiger partial charge on any atom is 0.0594 e. The van der Waals surface area contributed by atoms with E-state index >= 15 is 0 Å². The van der Waals surface area contributed by atoms with Crippen molar-refractivity contribution in [1.29, 1.82) is 0 Å². The van der Waals surface area contributed by atoms with Gasteiger partial charge in [0.05, 0.1) is 13.2 Å². The first-order chi connectivity index (χ1) is 12.2. The van der Waals surface area contributed by atoms with Crippen molar-refractivity contribution >= 4 is 0 Å². The molecule has 0 aromatic rings. The Hall–Kier alpha value is -0.200. The molecular weight excluding hydrogens is 312 g/mol. The van der Waals surface area contributed by atoms with Crippen molar-refractivity contribution in [2.45, 2.75) is 52.6 Å². The number of ether oxygens (including phenoxy) is 1. The standard InChI is InChI=1S/C20H42N4O/c1-5-19-17-21(9-11-23(19)7-3)13-15-25-16-14-22-10-12-24(8-4)20(6-2)18-22/h19-20H,5-18H2,1-4H3. The van der Waals surface area contributed by atoms with Gasteiger partial charge in [-0.05, 0) is 25.9 Å². The van der Waals surface area contributed by atoms with Gasteiger partial charge in [0.25, 0.3) is 0 Å². The molecule has 0 amide bonds. The zero-order chi connectivity index (χ0) is 18.1. The molecule has 0 radical (unpaired) electrons. The highest BCUT2D eigenvalue weighted by Gasteiger charge is 2.25. The minimum atomic E-state index is 0.736. The van der Waals surface area contributed by atoms with Crippen LogP contribution < -0.4 is 0 Å². The van der Waals surface area contributed by atoms with Crippen LogP contribution in [0.2, 0.25) is 0 Å². The average Bonchev–Trinajstić information content (AvgIpc) is 2.67. The van der Waals surface area contributed by atoms with E-state index in [1.54, 1.807) is 0 Å². The first-order valence-electron chi connectivity index (χ1n) is 10.7. The largest absolute Gasteiger partial charge is 0.379 e. The zero-order valence-electron chi connectivity index (χ0n) is 17.3. The topological polar surface area (TPSA) is 22.2 Å². The Morgan fingerprint density at radius 3 is 1.48 bits per heavy atom. The van der Waals surface area contributed by atoms with Crippen LogP contribution in [0.4, 0.5) is 0 Å². The lowest BCUT2D eigenvalue weighted by molar-refractivity contribution is 0.0275.